The summed E-state index contributed by atoms with van der Waals surface area (Å²) in [4.78, 5) is 5.40. The van der Waals surface area contributed by atoms with Crippen LogP contribution in [-0.2, 0) is 9.84 Å². The van der Waals surface area contributed by atoms with E-state index in [4.69, 9.17) is 4.99 Å². The number of fused-ring (bicyclic) bond motifs is 1. The first-order chi connectivity index (χ1) is 16.4. The number of nitrogens with one attached hydrogen (secondary N) is 1. The van der Waals surface area contributed by atoms with Gasteiger partial charge >= 0.3 is 0 Å². The van der Waals surface area contributed by atoms with E-state index in [2.05, 4.69) is 5.32 Å². The first kappa shape index (κ1) is 21.9. The van der Waals surface area contributed by atoms with E-state index < -0.39 is 9.84 Å². The lowest BCUT2D eigenvalue weighted by molar-refractivity contribution is 0.606. The molecule has 0 atom stereocenters. The van der Waals surface area contributed by atoms with Crippen LogP contribution in [0.5, 0.6) is 0 Å². The summed E-state index contributed by atoms with van der Waals surface area (Å²) in [6.45, 7) is 4.04. The summed E-state index contributed by atoms with van der Waals surface area (Å²) in [7, 11) is -3.86. The van der Waals surface area contributed by atoms with Crippen LogP contribution in [0.25, 0.3) is 4.91 Å². The second kappa shape index (κ2) is 8.76. The lowest BCUT2D eigenvalue weighted by Crippen LogP contribution is -2.13. The van der Waals surface area contributed by atoms with Crippen LogP contribution >= 0.6 is 0 Å². The first-order valence-electron chi connectivity index (χ1n) is 11.1. The number of aliphatic imine (C=N–C) groups is 1. The predicted molar refractivity (Wildman–Crippen MR) is 139 cm³/mol. The van der Waals surface area contributed by atoms with E-state index in [9.17, 15) is 8.42 Å². The van der Waals surface area contributed by atoms with Gasteiger partial charge in [0.05, 0.1) is 22.0 Å². The summed E-state index contributed by atoms with van der Waals surface area (Å²) >= 11 is 0. The molecule has 5 rings (SSSR count). The zero-order chi connectivity index (χ0) is 23.7. The minimum absolute atomic E-state index is 0.207. The molecule has 5 heteroatoms. The smallest absolute Gasteiger partial charge is 0.209 e. The van der Waals surface area contributed by atoms with Gasteiger partial charge in [-0.3, -0.25) is 0 Å². The van der Waals surface area contributed by atoms with Crippen molar-refractivity contribution < 1.29 is 8.42 Å². The second-order valence-electron chi connectivity index (χ2n) is 8.36. The molecule has 4 aromatic carbocycles. The Kier molecular flexibility index (Phi) is 5.64. The molecule has 0 spiro atoms. The van der Waals surface area contributed by atoms with Crippen molar-refractivity contribution in [1.82, 2.24) is 0 Å². The highest BCUT2D eigenvalue weighted by atomic mass is 32.2. The fourth-order valence-electron chi connectivity index (χ4n) is 4.06. The number of hydrogen-bond acceptors (Lipinski definition) is 4. The van der Waals surface area contributed by atoms with Crippen molar-refractivity contribution in [3.05, 3.63) is 131 Å². The average molecular weight is 465 g/mol. The van der Waals surface area contributed by atoms with Crippen molar-refractivity contribution in [3.63, 3.8) is 0 Å². The summed E-state index contributed by atoms with van der Waals surface area (Å²) in [6, 6.07) is 31.7. The number of aryl methyl sites for hydroxylation is 2. The van der Waals surface area contributed by atoms with E-state index in [-0.39, 0.29) is 9.80 Å². The van der Waals surface area contributed by atoms with E-state index in [1.807, 2.05) is 92.7 Å². The molecule has 0 radical (unpaired) electrons. The highest BCUT2D eigenvalue weighted by Gasteiger charge is 2.33. The van der Waals surface area contributed by atoms with Crippen molar-refractivity contribution in [2.75, 3.05) is 5.32 Å². The molecule has 0 saturated carbocycles. The number of anilines is 1. The normalized spacial score (nSPS) is 15.6. The highest BCUT2D eigenvalue weighted by Crippen LogP contribution is 2.39. The van der Waals surface area contributed by atoms with Gasteiger partial charge in [-0.2, -0.15) is 0 Å². The second-order valence-corrected chi connectivity index (χ2v) is 10.2. The first-order valence-corrected chi connectivity index (χ1v) is 12.6. The van der Waals surface area contributed by atoms with Gasteiger partial charge in [0.1, 0.15) is 4.91 Å². The van der Waals surface area contributed by atoms with Gasteiger partial charge in [-0.15, -0.1) is 0 Å². The maximum absolute atomic E-state index is 14.0. The van der Waals surface area contributed by atoms with Crippen LogP contribution in [0.1, 0.15) is 22.3 Å². The molecular formula is C29H24N2O2S. The maximum Gasteiger partial charge on any atom is 0.209 e. The van der Waals surface area contributed by atoms with Crippen molar-refractivity contribution in [2.45, 2.75) is 18.7 Å². The number of sulfone groups is 1. The molecule has 0 unspecified atom stereocenters. The number of allylic oxidation sites excluding steroid dienone is 1. The quantitative estimate of drug-likeness (QED) is 0.366. The van der Waals surface area contributed by atoms with Gasteiger partial charge in [0.25, 0.3) is 0 Å². The molecule has 0 amide bonds. The zero-order valence-electron chi connectivity index (χ0n) is 19.0. The van der Waals surface area contributed by atoms with Crippen molar-refractivity contribution >= 4 is 31.8 Å². The number of rotatable bonds is 4. The Balaban J connectivity index is 1.83. The van der Waals surface area contributed by atoms with E-state index >= 15 is 0 Å². The molecular weight excluding hydrogens is 440 g/mol. The van der Waals surface area contributed by atoms with E-state index in [1.54, 1.807) is 24.3 Å². The molecule has 4 aromatic rings. The lowest BCUT2D eigenvalue weighted by Gasteiger charge is -2.14. The third kappa shape index (κ3) is 4.06. The summed E-state index contributed by atoms with van der Waals surface area (Å²) in [5.41, 5.74) is 6.39. The van der Waals surface area contributed by atoms with Gasteiger partial charge in [0.2, 0.25) is 9.84 Å². The summed E-state index contributed by atoms with van der Waals surface area (Å²) in [5, 5.41) is 3.39. The third-order valence-corrected chi connectivity index (χ3v) is 7.66. The Hall–Kier alpha value is -3.96. The Morgan fingerprint density at radius 1 is 0.735 bits per heavy atom. The Morgan fingerprint density at radius 3 is 2.03 bits per heavy atom. The molecule has 34 heavy (non-hydrogen) atoms. The van der Waals surface area contributed by atoms with Crippen LogP contribution in [0.4, 0.5) is 11.4 Å². The molecule has 1 aliphatic rings. The fraction of sp³-hybridized carbons (Fsp3) is 0.0690. The number of hydrogen-bond donors (Lipinski definition) is 1. The SMILES string of the molecule is Cc1ccc(N=C2/C(=C(\c3ccccc3)S(=O)(=O)c3ccccc3)Nc3ccc(C)cc32)cc1. The summed E-state index contributed by atoms with van der Waals surface area (Å²) in [6.07, 6.45) is 0. The van der Waals surface area contributed by atoms with Gasteiger partial charge in [0.15, 0.2) is 0 Å². The molecule has 0 aliphatic carbocycles. The van der Waals surface area contributed by atoms with E-state index in [0.717, 1.165) is 28.1 Å². The topological polar surface area (TPSA) is 58.5 Å². The average Bonchev–Trinajstić information content (AvgIpc) is 3.18. The van der Waals surface area contributed by atoms with Crippen LogP contribution in [0, 0.1) is 13.8 Å². The summed E-state index contributed by atoms with van der Waals surface area (Å²) in [5.74, 6) is 0. The van der Waals surface area contributed by atoms with Crippen molar-refractivity contribution in [3.8, 4) is 0 Å². The standard InChI is InChI=1S/C29H24N2O2S/c1-20-13-16-23(17-14-20)30-27-25-19-21(2)15-18-26(25)31-28(27)29(22-9-5-3-6-10-22)34(32,33)24-11-7-4-8-12-24/h3-19,31H,1-2H3/b29-28-,30-27?. The minimum Gasteiger partial charge on any atom is -0.352 e. The van der Waals surface area contributed by atoms with E-state index in [1.165, 1.54) is 0 Å². The van der Waals surface area contributed by atoms with Gasteiger partial charge in [-0.25, -0.2) is 13.4 Å². The third-order valence-electron chi connectivity index (χ3n) is 5.79. The van der Waals surface area contributed by atoms with Crippen molar-refractivity contribution in [2.24, 2.45) is 4.99 Å². The fourth-order valence-corrected chi connectivity index (χ4v) is 5.68. The molecule has 0 saturated heterocycles. The minimum atomic E-state index is -3.86. The van der Waals surface area contributed by atoms with Crippen LogP contribution in [0.3, 0.4) is 0 Å². The van der Waals surface area contributed by atoms with Crippen LogP contribution in [0.2, 0.25) is 0 Å². The number of nitrogens with zero attached hydrogens (tertiary/aromatic N) is 1. The van der Waals surface area contributed by atoms with Gasteiger partial charge in [-0.1, -0.05) is 77.9 Å². The lowest BCUT2D eigenvalue weighted by atomic mass is 10.1. The molecule has 0 fully saturated rings. The largest absolute Gasteiger partial charge is 0.352 e. The predicted octanol–water partition coefficient (Wildman–Crippen LogP) is 6.69. The molecule has 4 nitrogen and oxygen atoms in total. The molecule has 1 heterocycles. The Labute approximate surface area is 200 Å². The maximum atomic E-state index is 14.0. The van der Waals surface area contributed by atoms with Crippen molar-refractivity contribution in [1.29, 1.82) is 0 Å². The van der Waals surface area contributed by atoms with Gasteiger partial charge in [-0.05, 0) is 55.8 Å². The molecule has 0 bridgehead atoms. The highest BCUT2D eigenvalue weighted by molar-refractivity contribution is 8.00. The van der Waals surface area contributed by atoms with E-state index in [0.29, 0.717) is 17.0 Å². The molecule has 168 valence electrons. The molecule has 0 aromatic heterocycles. The number of benzene rings is 4. The van der Waals surface area contributed by atoms with Crippen LogP contribution < -0.4 is 5.32 Å². The van der Waals surface area contributed by atoms with Crippen LogP contribution in [0.15, 0.2) is 119 Å². The van der Waals surface area contributed by atoms with Gasteiger partial charge < -0.3 is 5.32 Å². The van der Waals surface area contributed by atoms with Crippen LogP contribution in [-0.4, -0.2) is 14.1 Å². The van der Waals surface area contributed by atoms with Gasteiger partial charge in [0, 0.05) is 11.3 Å². The Morgan fingerprint density at radius 2 is 1.35 bits per heavy atom. The zero-order valence-corrected chi connectivity index (χ0v) is 19.8. The molecule has 1 aliphatic heterocycles. The Bertz CT molecular complexity index is 1520. The monoisotopic (exact) mass is 464 g/mol. The molecule has 1 N–H and O–H groups in total. The summed E-state index contributed by atoms with van der Waals surface area (Å²) < 4.78 is 28.1.